The molecule has 7 heteroatoms. The molecular weight excluding hydrogens is 277 g/mol. The van der Waals surface area contributed by atoms with Crippen molar-refractivity contribution in [3.63, 3.8) is 0 Å². The zero-order valence-electron chi connectivity index (χ0n) is 12.2. The Bertz CT molecular complexity index is 468. The van der Waals surface area contributed by atoms with E-state index in [2.05, 4.69) is 10.4 Å². The summed E-state index contributed by atoms with van der Waals surface area (Å²) in [6, 6.07) is -0.345. The minimum absolute atomic E-state index is 0.00266. The SMILES string of the molecule is Cn1cc([C@@H](NC(=O)OCCCF)C2(CO)CCC2)cn1. The Kier molecular flexibility index (Phi) is 5.17. The number of amides is 1. The van der Waals surface area contributed by atoms with Gasteiger partial charge in [-0.15, -0.1) is 0 Å². The molecule has 21 heavy (non-hydrogen) atoms. The molecule has 0 aliphatic heterocycles. The first-order valence-corrected chi connectivity index (χ1v) is 7.20. The average Bonchev–Trinajstić information content (AvgIpc) is 2.84. The number of hydrogen-bond acceptors (Lipinski definition) is 4. The van der Waals surface area contributed by atoms with Crippen LogP contribution in [0.3, 0.4) is 0 Å². The van der Waals surface area contributed by atoms with Crippen LogP contribution in [0.4, 0.5) is 9.18 Å². The van der Waals surface area contributed by atoms with Gasteiger partial charge in [0, 0.05) is 30.6 Å². The van der Waals surface area contributed by atoms with Gasteiger partial charge in [-0.2, -0.15) is 5.10 Å². The molecule has 0 saturated heterocycles. The Morgan fingerprint density at radius 3 is 2.90 bits per heavy atom. The van der Waals surface area contributed by atoms with E-state index in [0.29, 0.717) is 0 Å². The topological polar surface area (TPSA) is 76.4 Å². The fraction of sp³-hybridized carbons (Fsp3) is 0.714. The minimum atomic E-state index is -0.586. The van der Waals surface area contributed by atoms with Crippen LogP contribution in [0.1, 0.15) is 37.3 Å². The number of halogens is 1. The van der Waals surface area contributed by atoms with Gasteiger partial charge < -0.3 is 15.2 Å². The molecule has 118 valence electrons. The molecular formula is C14H22FN3O3. The number of aryl methyl sites for hydroxylation is 1. The lowest BCUT2D eigenvalue weighted by atomic mass is 9.63. The molecule has 2 N–H and O–H groups in total. The third kappa shape index (κ3) is 3.53. The summed E-state index contributed by atoms with van der Waals surface area (Å²) in [5, 5.41) is 16.7. The summed E-state index contributed by atoms with van der Waals surface area (Å²) in [5.41, 5.74) is 0.482. The Morgan fingerprint density at radius 2 is 2.43 bits per heavy atom. The van der Waals surface area contributed by atoms with E-state index in [-0.39, 0.29) is 31.1 Å². The van der Waals surface area contributed by atoms with Crippen LogP contribution in [0.2, 0.25) is 0 Å². The van der Waals surface area contributed by atoms with Crippen molar-refractivity contribution in [1.29, 1.82) is 0 Å². The van der Waals surface area contributed by atoms with Crippen molar-refractivity contribution < 1.29 is 19.0 Å². The number of nitrogens with one attached hydrogen (secondary N) is 1. The van der Waals surface area contributed by atoms with Gasteiger partial charge in [0.1, 0.15) is 0 Å². The maximum Gasteiger partial charge on any atom is 0.407 e. The van der Waals surface area contributed by atoms with E-state index < -0.39 is 12.8 Å². The van der Waals surface area contributed by atoms with Gasteiger partial charge in [-0.25, -0.2) is 4.79 Å². The quantitative estimate of drug-likeness (QED) is 0.752. The van der Waals surface area contributed by atoms with Gasteiger partial charge >= 0.3 is 6.09 Å². The Balaban J connectivity index is 2.07. The number of ether oxygens (including phenoxy) is 1. The van der Waals surface area contributed by atoms with E-state index >= 15 is 0 Å². The van der Waals surface area contributed by atoms with E-state index in [9.17, 15) is 14.3 Å². The predicted molar refractivity (Wildman–Crippen MR) is 74.4 cm³/mol. The number of aromatic nitrogens is 2. The highest BCUT2D eigenvalue weighted by Gasteiger charge is 2.45. The maximum absolute atomic E-state index is 12.0. The van der Waals surface area contributed by atoms with E-state index in [0.717, 1.165) is 24.8 Å². The maximum atomic E-state index is 12.0. The Hall–Kier alpha value is -1.63. The highest BCUT2D eigenvalue weighted by Crippen LogP contribution is 2.49. The molecule has 1 aromatic rings. The lowest BCUT2D eigenvalue weighted by molar-refractivity contribution is 0.00443. The first kappa shape index (κ1) is 15.8. The normalized spacial score (nSPS) is 17.9. The fourth-order valence-electron chi connectivity index (χ4n) is 2.73. The summed E-state index contributed by atoms with van der Waals surface area (Å²) in [6.45, 7) is -0.467. The second kappa shape index (κ2) is 6.89. The number of nitrogens with zero attached hydrogens (tertiary/aromatic N) is 2. The molecule has 0 unspecified atom stereocenters. The van der Waals surface area contributed by atoms with Gasteiger partial charge in [0.25, 0.3) is 0 Å². The van der Waals surface area contributed by atoms with E-state index in [4.69, 9.17) is 4.74 Å². The van der Waals surface area contributed by atoms with Crippen LogP contribution in [0, 0.1) is 5.41 Å². The second-order valence-corrected chi connectivity index (χ2v) is 5.58. The number of carbonyl (C=O) groups is 1. The third-order valence-corrected chi connectivity index (χ3v) is 4.11. The smallest absolute Gasteiger partial charge is 0.407 e. The van der Waals surface area contributed by atoms with Gasteiger partial charge in [-0.3, -0.25) is 9.07 Å². The van der Waals surface area contributed by atoms with Gasteiger partial charge in [0.05, 0.1) is 32.1 Å². The number of rotatable bonds is 7. The molecule has 1 aliphatic rings. The van der Waals surface area contributed by atoms with Crippen LogP contribution in [-0.4, -0.2) is 40.9 Å². The first-order valence-electron chi connectivity index (χ1n) is 7.20. The molecule has 0 bridgehead atoms. The monoisotopic (exact) mass is 299 g/mol. The molecule has 1 saturated carbocycles. The van der Waals surface area contributed by atoms with Crippen molar-refractivity contribution in [3.8, 4) is 0 Å². The lowest BCUT2D eigenvalue weighted by Gasteiger charge is -2.46. The fourth-order valence-corrected chi connectivity index (χ4v) is 2.73. The van der Waals surface area contributed by atoms with Crippen molar-refractivity contribution in [2.24, 2.45) is 12.5 Å². The summed E-state index contributed by atoms with van der Waals surface area (Å²) in [4.78, 5) is 11.8. The molecule has 1 atom stereocenters. The lowest BCUT2D eigenvalue weighted by Crippen LogP contribution is -2.47. The number of aliphatic hydroxyl groups is 1. The summed E-state index contributed by atoms with van der Waals surface area (Å²) < 4.78 is 18.6. The van der Waals surface area contributed by atoms with E-state index in [1.54, 1.807) is 17.9 Å². The number of hydrogen-bond donors (Lipinski definition) is 2. The number of carbonyl (C=O) groups excluding carboxylic acids is 1. The Morgan fingerprint density at radius 1 is 1.67 bits per heavy atom. The summed E-state index contributed by atoms with van der Waals surface area (Å²) in [6.07, 6.45) is 5.81. The van der Waals surface area contributed by atoms with Crippen molar-refractivity contribution in [3.05, 3.63) is 18.0 Å². The summed E-state index contributed by atoms with van der Waals surface area (Å²) in [7, 11) is 1.80. The predicted octanol–water partition coefficient (Wildman–Crippen LogP) is 1.71. The molecule has 0 spiro atoms. The van der Waals surface area contributed by atoms with Gasteiger partial charge in [-0.1, -0.05) is 6.42 Å². The molecule has 0 aromatic carbocycles. The molecule has 1 fully saturated rings. The van der Waals surface area contributed by atoms with Crippen LogP contribution in [0.5, 0.6) is 0 Å². The highest BCUT2D eigenvalue weighted by molar-refractivity contribution is 5.68. The van der Waals surface area contributed by atoms with Crippen molar-refractivity contribution in [1.82, 2.24) is 15.1 Å². The minimum Gasteiger partial charge on any atom is -0.449 e. The standard InChI is InChI=1S/C14H22FN3O3/c1-18-9-11(8-16-18)12(14(10-19)4-2-5-14)17-13(20)21-7-3-6-15/h8-9,12,19H,2-7,10H2,1H3,(H,17,20)/t12-/m1/s1. The largest absolute Gasteiger partial charge is 0.449 e. The molecule has 1 aliphatic carbocycles. The summed E-state index contributed by atoms with van der Waals surface area (Å²) >= 11 is 0. The first-order chi connectivity index (χ1) is 10.1. The molecule has 1 amide bonds. The van der Waals surface area contributed by atoms with Crippen LogP contribution in [0.15, 0.2) is 12.4 Å². The second-order valence-electron chi connectivity index (χ2n) is 5.58. The van der Waals surface area contributed by atoms with Crippen LogP contribution >= 0.6 is 0 Å². The molecule has 1 heterocycles. The van der Waals surface area contributed by atoms with Crippen LogP contribution in [0.25, 0.3) is 0 Å². The zero-order chi connectivity index (χ0) is 15.3. The number of aliphatic hydroxyl groups excluding tert-OH is 1. The van der Waals surface area contributed by atoms with Gasteiger partial charge in [-0.05, 0) is 12.8 Å². The van der Waals surface area contributed by atoms with Crippen molar-refractivity contribution in [2.45, 2.75) is 31.7 Å². The molecule has 2 rings (SSSR count). The highest BCUT2D eigenvalue weighted by atomic mass is 19.1. The molecule has 0 radical (unpaired) electrons. The van der Waals surface area contributed by atoms with Gasteiger partial charge in [0.2, 0.25) is 0 Å². The Labute approximate surface area is 123 Å². The van der Waals surface area contributed by atoms with E-state index in [1.807, 2.05) is 6.20 Å². The van der Waals surface area contributed by atoms with Crippen molar-refractivity contribution >= 4 is 6.09 Å². The number of alkyl halides is 1. The molecule has 1 aromatic heterocycles. The average molecular weight is 299 g/mol. The van der Waals surface area contributed by atoms with Crippen LogP contribution in [-0.2, 0) is 11.8 Å². The summed E-state index contributed by atoms with van der Waals surface area (Å²) in [5.74, 6) is 0. The third-order valence-electron chi connectivity index (χ3n) is 4.11. The van der Waals surface area contributed by atoms with E-state index in [1.165, 1.54) is 0 Å². The van der Waals surface area contributed by atoms with Crippen LogP contribution < -0.4 is 5.32 Å². The van der Waals surface area contributed by atoms with Crippen molar-refractivity contribution in [2.75, 3.05) is 19.9 Å². The van der Waals surface area contributed by atoms with Gasteiger partial charge in [0.15, 0.2) is 0 Å². The zero-order valence-corrected chi connectivity index (χ0v) is 12.2. The molecule has 6 nitrogen and oxygen atoms in total. The number of alkyl carbamates (subject to hydrolysis) is 1.